The van der Waals surface area contributed by atoms with Crippen molar-refractivity contribution in [3.05, 3.63) is 35.7 Å². The zero-order valence-electron chi connectivity index (χ0n) is 17.0. The highest BCUT2D eigenvalue weighted by atomic mass is 32.1. The van der Waals surface area contributed by atoms with Gasteiger partial charge in [-0.2, -0.15) is 0 Å². The first-order valence-electron chi connectivity index (χ1n) is 10.0. The van der Waals surface area contributed by atoms with Crippen LogP contribution in [0.5, 0.6) is 5.75 Å². The zero-order valence-corrected chi connectivity index (χ0v) is 17.9. The molecule has 5 nitrogen and oxygen atoms in total. The van der Waals surface area contributed by atoms with Gasteiger partial charge in [0.05, 0.1) is 12.1 Å². The fourth-order valence-electron chi connectivity index (χ4n) is 3.81. The van der Waals surface area contributed by atoms with Crippen molar-refractivity contribution in [3.63, 3.8) is 0 Å². The number of benzene rings is 1. The second-order valence-corrected chi connectivity index (χ2v) is 8.60. The molecule has 31 heavy (non-hydrogen) atoms. The molecule has 1 amide bonds. The van der Waals surface area contributed by atoms with Crippen molar-refractivity contribution < 1.29 is 32.2 Å². The molecule has 1 aromatic carbocycles. The standard InChI is InChI=1S/C22H24F3NO4S/c1-29-21(28)11-15-4-2-14(3-5-15)10-19(27)26-20-12-17(13-31-20)16-6-8-18(9-7-16)30-22(23,24)25/h6-9,12-15H,2-5,10-11H2,1H3,(H,26,27). The molecular weight excluding hydrogens is 431 g/mol. The number of carbonyl (C=O) groups excluding carboxylic acids is 2. The summed E-state index contributed by atoms with van der Waals surface area (Å²) in [6, 6.07) is 7.41. The molecule has 3 rings (SSSR count). The largest absolute Gasteiger partial charge is 0.573 e. The van der Waals surface area contributed by atoms with E-state index in [-0.39, 0.29) is 17.6 Å². The van der Waals surface area contributed by atoms with Crippen LogP contribution in [0, 0.1) is 11.8 Å². The van der Waals surface area contributed by atoms with Crippen LogP contribution in [0.15, 0.2) is 35.7 Å². The average molecular weight is 455 g/mol. The number of methoxy groups -OCH3 is 1. The molecule has 1 aliphatic carbocycles. The number of amides is 1. The molecular formula is C22H24F3NO4S. The number of esters is 1. The molecule has 1 heterocycles. The SMILES string of the molecule is COC(=O)CC1CCC(CC(=O)Nc2cc(-c3ccc(OC(F)(F)F)cc3)cs2)CC1. The Labute approximate surface area is 182 Å². The minimum absolute atomic E-state index is 0.0567. The van der Waals surface area contributed by atoms with E-state index in [1.807, 2.05) is 5.38 Å². The van der Waals surface area contributed by atoms with Crippen molar-refractivity contribution in [1.82, 2.24) is 0 Å². The van der Waals surface area contributed by atoms with Gasteiger partial charge in [-0.3, -0.25) is 9.59 Å². The molecule has 1 aliphatic rings. The lowest BCUT2D eigenvalue weighted by Crippen LogP contribution is -2.22. The van der Waals surface area contributed by atoms with Crippen LogP contribution in [0.1, 0.15) is 38.5 Å². The predicted molar refractivity (Wildman–Crippen MR) is 112 cm³/mol. The van der Waals surface area contributed by atoms with E-state index in [0.717, 1.165) is 36.8 Å². The summed E-state index contributed by atoms with van der Waals surface area (Å²) in [5.74, 6) is 0.117. The van der Waals surface area contributed by atoms with Crippen molar-refractivity contribution in [2.75, 3.05) is 12.4 Å². The minimum Gasteiger partial charge on any atom is -0.469 e. The fourth-order valence-corrected chi connectivity index (χ4v) is 4.64. The van der Waals surface area contributed by atoms with Gasteiger partial charge in [0.15, 0.2) is 0 Å². The lowest BCUT2D eigenvalue weighted by Gasteiger charge is -2.27. The van der Waals surface area contributed by atoms with E-state index in [1.54, 1.807) is 18.2 Å². The van der Waals surface area contributed by atoms with Crippen LogP contribution < -0.4 is 10.1 Å². The maximum Gasteiger partial charge on any atom is 0.573 e. The topological polar surface area (TPSA) is 64.6 Å². The van der Waals surface area contributed by atoms with Gasteiger partial charge in [-0.1, -0.05) is 12.1 Å². The van der Waals surface area contributed by atoms with Crippen molar-refractivity contribution in [2.45, 2.75) is 44.9 Å². The Morgan fingerprint density at radius 1 is 1.03 bits per heavy atom. The van der Waals surface area contributed by atoms with Gasteiger partial charge >= 0.3 is 12.3 Å². The number of hydrogen-bond donors (Lipinski definition) is 1. The number of carbonyl (C=O) groups is 2. The third-order valence-corrected chi connectivity index (χ3v) is 6.25. The van der Waals surface area contributed by atoms with Gasteiger partial charge in [-0.15, -0.1) is 24.5 Å². The number of thiophene rings is 1. The zero-order chi connectivity index (χ0) is 22.4. The van der Waals surface area contributed by atoms with E-state index in [1.165, 1.54) is 30.6 Å². The molecule has 0 bridgehead atoms. The molecule has 1 N–H and O–H groups in total. The smallest absolute Gasteiger partial charge is 0.469 e. The van der Waals surface area contributed by atoms with Gasteiger partial charge in [0, 0.05) is 18.2 Å². The first-order valence-corrected chi connectivity index (χ1v) is 10.9. The third-order valence-electron chi connectivity index (χ3n) is 5.41. The molecule has 9 heteroatoms. The predicted octanol–water partition coefficient (Wildman–Crippen LogP) is 6.01. The number of anilines is 1. The van der Waals surface area contributed by atoms with Gasteiger partial charge < -0.3 is 14.8 Å². The molecule has 0 saturated heterocycles. The summed E-state index contributed by atoms with van der Waals surface area (Å²) >= 11 is 1.36. The van der Waals surface area contributed by atoms with E-state index >= 15 is 0 Å². The Morgan fingerprint density at radius 3 is 2.23 bits per heavy atom. The van der Waals surface area contributed by atoms with Crippen molar-refractivity contribution in [3.8, 4) is 16.9 Å². The van der Waals surface area contributed by atoms with Crippen LogP contribution >= 0.6 is 11.3 Å². The van der Waals surface area contributed by atoms with Crippen LogP contribution in [-0.2, 0) is 14.3 Å². The maximum atomic E-state index is 12.4. The van der Waals surface area contributed by atoms with E-state index in [4.69, 9.17) is 4.74 Å². The van der Waals surface area contributed by atoms with Crippen LogP contribution in [0.2, 0.25) is 0 Å². The molecule has 0 spiro atoms. The number of nitrogens with one attached hydrogen (secondary N) is 1. The Bertz CT molecular complexity index is 887. The summed E-state index contributed by atoms with van der Waals surface area (Å²) in [6.45, 7) is 0. The Hall–Kier alpha value is -2.55. The summed E-state index contributed by atoms with van der Waals surface area (Å²) in [4.78, 5) is 23.8. The Balaban J connectivity index is 1.47. The van der Waals surface area contributed by atoms with Crippen LogP contribution in [0.25, 0.3) is 11.1 Å². The molecule has 1 fully saturated rings. The molecule has 2 aromatic rings. The maximum absolute atomic E-state index is 12.4. The molecule has 1 saturated carbocycles. The Kier molecular flexibility index (Phi) is 7.59. The van der Waals surface area contributed by atoms with Gasteiger partial charge in [-0.25, -0.2) is 0 Å². The summed E-state index contributed by atoms with van der Waals surface area (Å²) in [7, 11) is 1.39. The first kappa shape index (κ1) is 23.1. The normalized spacial score (nSPS) is 19.0. The second-order valence-electron chi connectivity index (χ2n) is 7.69. The average Bonchev–Trinajstić information content (AvgIpc) is 3.17. The molecule has 0 aliphatic heterocycles. The van der Waals surface area contributed by atoms with E-state index in [2.05, 4.69) is 10.1 Å². The molecule has 168 valence electrons. The van der Waals surface area contributed by atoms with E-state index in [9.17, 15) is 22.8 Å². The summed E-state index contributed by atoms with van der Waals surface area (Å²) in [5.41, 5.74) is 1.54. The molecule has 0 atom stereocenters. The lowest BCUT2D eigenvalue weighted by molar-refractivity contribution is -0.274. The highest BCUT2D eigenvalue weighted by Gasteiger charge is 2.31. The summed E-state index contributed by atoms with van der Waals surface area (Å²) in [5, 5.41) is 5.44. The van der Waals surface area contributed by atoms with Crippen molar-refractivity contribution >= 4 is 28.2 Å². The number of ether oxygens (including phenoxy) is 2. The second kappa shape index (κ2) is 10.2. The van der Waals surface area contributed by atoms with Crippen LogP contribution in [0.4, 0.5) is 18.2 Å². The number of alkyl halides is 3. The highest BCUT2D eigenvalue weighted by Crippen LogP contribution is 2.34. The van der Waals surface area contributed by atoms with Gasteiger partial charge in [0.25, 0.3) is 0 Å². The lowest BCUT2D eigenvalue weighted by atomic mass is 9.79. The van der Waals surface area contributed by atoms with E-state index < -0.39 is 6.36 Å². The molecule has 0 unspecified atom stereocenters. The fraction of sp³-hybridized carbons (Fsp3) is 0.455. The van der Waals surface area contributed by atoms with Crippen LogP contribution in [0.3, 0.4) is 0 Å². The molecule has 0 radical (unpaired) electrons. The van der Waals surface area contributed by atoms with Gasteiger partial charge in [-0.05, 0) is 66.8 Å². The van der Waals surface area contributed by atoms with Crippen molar-refractivity contribution in [2.24, 2.45) is 11.8 Å². The first-order chi connectivity index (χ1) is 14.7. The highest BCUT2D eigenvalue weighted by molar-refractivity contribution is 7.14. The third kappa shape index (κ3) is 7.27. The summed E-state index contributed by atoms with van der Waals surface area (Å²) < 4.78 is 45.4. The molecule has 1 aromatic heterocycles. The van der Waals surface area contributed by atoms with Gasteiger partial charge in [0.2, 0.25) is 5.91 Å². The number of hydrogen-bond acceptors (Lipinski definition) is 5. The Morgan fingerprint density at radius 2 is 1.65 bits per heavy atom. The van der Waals surface area contributed by atoms with Crippen LogP contribution in [-0.4, -0.2) is 25.3 Å². The number of rotatable bonds is 7. The summed E-state index contributed by atoms with van der Waals surface area (Å²) in [6.07, 6.45) is -0.178. The minimum atomic E-state index is -4.72. The monoisotopic (exact) mass is 455 g/mol. The number of halogens is 3. The van der Waals surface area contributed by atoms with Gasteiger partial charge in [0.1, 0.15) is 5.75 Å². The van der Waals surface area contributed by atoms with Crippen molar-refractivity contribution in [1.29, 1.82) is 0 Å². The van der Waals surface area contributed by atoms with E-state index in [0.29, 0.717) is 29.7 Å². The quantitative estimate of drug-likeness (QED) is 0.519.